The molecule has 122 valence electrons. The first kappa shape index (κ1) is 16.8. The topological polar surface area (TPSA) is 67.7 Å². The number of hydrogen-bond acceptors (Lipinski definition) is 4. The van der Waals surface area contributed by atoms with E-state index in [1.165, 1.54) is 0 Å². The second kappa shape index (κ2) is 7.59. The Balaban J connectivity index is 1.94. The zero-order valence-electron chi connectivity index (χ0n) is 13.6. The molecule has 0 radical (unpaired) electrons. The van der Waals surface area contributed by atoms with Gasteiger partial charge in [-0.15, -0.1) is 0 Å². The van der Waals surface area contributed by atoms with Gasteiger partial charge in [0.05, 0.1) is 19.0 Å². The van der Waals surface area contributed by atoms with Crippen LogP contribution in [0.3, 0.4) is 0 Å². The molecule has 0 bridgehead atoms. The Hall–Kier alpha value is -1.61. The molecule has 0 aromatic heterocycles. The molecule has 2 fully saturated rings. The van der Waals surface area contributed by atoms with Gasteiger partial charge in [0.2, 0.25) is 11.8 Å². The van der Waals surface area contributed by atoms with E-state index in [2.05, 4.69) is 11.0 Å². The quantitative estimate of drug-likeness (QED) is 0.754. The Labute approximate surface area is 132 Å². The van der Waals surface area contributed by atoms with E-state index >= 15 is 0 Å². The van der Waals surface area contributed by atoms with E-state index in [-0.39, 0.29) is 17.9 Å². The summed E-state index contributed by atoms with van der Waals surface area (Å²) in [6.07, 6.45) is 4.61. The predicted octanol–water partition coefficient (Wildman–Crippen LogP) is 0.834. The van der Waals surface area contributed by atoms with Crippen molar-refractivity contribution in [2.24, 2.45) is 0 Å². The number of nitrogens with zero attached hydrogens (tertiary/aromatic N) is 4. The molecule has 2 rings (SSSR count). The van der Waals surface area contributed by atoms with Gasteiger partial charge < -0.3 is 9.80 Å². The summed E-state index contributed by atoms with van der Waals surface area (Å²) in [5.41, 5.74) is 0. The van der Waals surface area contributed by atoms with Crippen molar-refractivity contribution in [2.45, 2.75) is 51.1 Å². The van der Waals surface area contributed by atoms with Crippen LogP contribution in [0.2, 0.25) is 0 Å². The Morgan fingerprint density at radius 1 is 1.23 bits per heavy atom. The third kappa shape index (κ3) is 3.77. The van der Waals surface area contributed by atoms with Crippen LogP contribution in [-0.2, 0) is 9.59 Å². The number of carbonyl (C=O) groups is 2. The van der Waals surface area contributed by atoms with Gasteiger partial charge in [-0.25, -0.2) is 0 Å². The summed E-state index contributed by atoms with van der Waals surface area (Å²) in [5.74, 6) is 0.210. The molecule has 2 saturated heterocycles. The smallest absolute Gasteiger partial charge is 0.236 e. The fourth-order valence-electron chi connectivity index (χ4n) is 3.70. The average Bonchev–Trinajstić information content (AvgIpc) is 3.12. The number of rotatable bonds is 5. The summed E-state index contributed by atoms with van der Waals surface area (Å²) in [6, 6.07) is 2.63. The van der Waals surface area contributed by atoms with Crippen molar-refractivity contribution in [2.75, 3.05) is 33.2 Å². The molecule has 0 aromatic rings. The summed E-state index contributed by atoms with van der Waals surface area (Å²) in [6.45, 7) is 4.29. The van der Waals surface area contributed by atoms with Crippen molar-refractivity contribution in [3.8, 4) is 6.07 Å². The number of likely N-dealkylation sites (tertiary alicyclic amines) is 2. The molecular formula is C16H26N4O2. The molecule has 0 N–H and O–H groups in total. The summed E-state index contributed by atoms with van der Waals surface area (Å²) >= 11 is 0. The Morgan fingerprint density at radius 3 is 2.59 bits per heavy atom. The van der Waals surface area contributed by atoms with Gasteiger partial charge in [0.15, 0.2) is 0 Å². The minimum absolute atomic E-state index is 0.0644. The van der Waals surface area contributed by atoms with Crippen molar-refractivity contribution in [3.05, 3.63) is 0 Å². The minimum atomic E-state index is 0.0644. The highest BCUT2D eigenvalue weighted by molar-refractivity contribution is 5.78. The van der Waals surface area contributed by atoms with Crippen LogP contribution in [0.5, 0.6) is 0 Å². The van der Waals surface area contributed by atoms with Gasteiger partial charge in [-0.2, -0.15) is 5.26 Å². The SMILES string of the molecule is CC(=O)N1CCC[C@H]1[C@H]1CCCN1CC(=O)N(C)CCC#N. The van der Waals surface area contributed by atoms with Gasteiger partial charge in [-0.05, 0) is 32.2 Å². The highest BCUT2D eigenvalue weighted by atomic mass is 16.2. The standard InChI is InChI=1S/C16H26N4O2/c1-13(21)20-11-4-7-15(20)14-6-3-10-19(14)12-16(22)18(2)9-5-8-17/h14-15H,3-7,9-12H2,1-2H3/t14-,15+/m1/s1. The summed E-state index contributed by atoms with van der Waals surface area (Å²) < 4.78 is 0. The van der Waals surface area contributed by atoms with E-state index < -0.39 is 0 Å². The second-order valence-electron chi connectivity index (χ2n) is 6.33. The molecule has 0 spiro atoms. The first-order chi connectivity index (χ1) is 10.5. The molecule has 2 atom stereocenters. The molecule has 2 aliphatic heterocycles. The summed E-state index contributed by atoms with van der Waals surface area (Å²) in [7, 11) is 1.75. The van der Waals surface area contributed by atoms with E-state index in [0.717, 1.165) is 38.8 Å². The third-order valence-corrected chi connectivity index (χ3v) is 4.89. The molecule has 6 heteroatoms. The van der Waals surface area contributed by atoms with E-state index in [1.807, 2.05) is 4.90 Å². The fraction of sp³-hybridized carbons (Fsp3) is 0.812. The van der Waals surface area contributed by atoms with Gasteiger partial charge in [0.1, 0.15) is 0 Å². The van der Waals surface area contributed by atoms with Crippen molar-refractivity contribution >= 4 is 11.8 Å². The molecule has 0 aromatic carbocycles. The minimum Gasteiger partial charge on any atom is -0.344 e. The number of nitriles is 1. The van der Waals surface area contributed by atoms with Crippen molar-refractivity contribution < 1.29 is 9.59 Å². The lowest BCUT2D eigenvalue weighted by Crippen LogP contribution is -2.50. The summed E-state index contributed by atoms with van der Waals surface area (Å²) in [5, 5.41) is 8.61. The lowest BCUT2D eigenvalue weighted by atomic mass is 10.0. The average molecular weight is 306 g/mol. The predicted molar refractivity (Wildman–Crippen MR) is 82.9 cm³/mol. The zero-order valence-corrected chi connectivity index (χ0v) is 13.6. The molecule has 2 aliphatic rings. The van der Waals surface area contributed by atoms with Crippen LogP contribution in [0, 0.1) is 11.3 Å². The summed E-state index contributed by atoms with van der Waals surface area (Å²) in [4.78, 5) is 29.9. The first-order valence-corrected chi connectivity index (χ1v) is 8.16. The van der Waals surface area contributed by atoms with Crippen molar-refractivity contribution in [1.82, 2.24) is 14.7 Å². The Bertz CT molecular complexity index is 460. The molecule has 2 heterocycles. The highest BCUT2D eigenvalue weighted by Gasteiger charge is 2.39. The zero-order chi connectivity index (χ0) is 16.1. The van der Waals surface area contributed by atoms with E-state index in [9.17, 15) is 9.59 Å². The first-order valence-electron chi connectivity index (χ1n) is 8.16. The fourth-order valence-corrected chi connectivity index (χ4v) is 3.70. The van der Waals surface area contributed by atoms with Crippen LogP contribution in [0.25, 0.3) is 0 Å². The van der Waals surface area contributed by atoms with E-state index in [4.69, 9.17) is 5.26 Å². The van der Waals surface area contributed by atoms with Crippen LogP contribution >= 0.6 is 0 Å². The van der Waals surface area contributed by atoms with Gasteiger partial charge in [0.25, 0.3) is 0 Å². The maximum Gasteiger partial charge on any atom is 0.236 e. The van der Waals surface area contributed by atoms with Crippen molar-refractivity contribution in [1.29, 1.82) is 5.26 Å². The largest absolute Gasteiger partial charge is 0.344 e. The van der Waals surface area contributed by atoms with Crippen LogP contribution in [0.15, 0.2) is 0 Å². The molecule has 2 amide bonds. The third-order valence-electron chi connectivity index (χ3n) is 4.89. The van der Waals surface area contributed by atoms with Crippen LogP contribution in [0.1, 0.15) is 39.0 Å². The molecular weight excluding hydrogens is 280 g/mol. The molecule has 6 nitrogen and oxygen atoms in total. The second-order valence-corrected chi connectivity index (χ2v) is 6.33. The highest BCUT2D eigenvalue weighted by Crippen LogP contribution is 2.29. The van der Waals surface area contributed by atoms with Gasteiger partial charge in [0, 0.05) is 39.1 Å². The lowest BCUT2D eigenvalue weighted by molar-refractivity contribution is -0.132. The van der Waals surface area contributed by atoms with E-state index in [1.54, 1.807) is 18.9 Å². The molecule has 0 saturated carbocycles. The molecule has 0 aliphatic carbocycles. The number of amides is 2. The van der Waals surface area contributed by atoms with Crippen LogP contribution < -0.4 is 0 Å². The van der Waals surface area contributed by atoms with Gasteiger partial charge >= 0.3 is 0 Å². The number of likely N-dealkylation sites (N-methyl/N-ethyl adjacent to an activating group) is 1. The van der Waals surface area contributed by atoms with Gasteiger partial charge in [-0.3, -0.25) is 14.5 Å². The van der Waals surface area contributed by atoms with Crippen molar-refractivity contribution in [3.63, 3.8) is 0 Å². The van der Waals surface area contributed by atoms with Crippen LogP contribution in [-0.4, -0.2) is 71.8 Å². The Kier molecular flexibility index (Phi) is 5.78. The lowest BCUT2D eigenvalue weighted by Gasteiger charge is -2.34. The van der Waals surface area contributed by atoms with E-state index in [0.29, 0.717) is 25.6 Å². The van der Waals surface area contributed by atoms with Gasteiger partial charge in [-0.1, -0.05) is 0 Å². The number of carbonyl (C=O) groups excluding carboxylic acids is 2. The maximum absolute atomic E-state index is 12.3. The molecule has 22 heavy (non-hydrogen) atoms. The Morgan fingerprint density at radius 2 is 1.91 bits per heavy atom. The normalized spacial score (nSPS) is 25.2. The number of hydrogen-bond donors (Lipinski definition) is 0. The van der Waals surface area contributed by atoms with Crippen LogP contribution in [0.4, 0.5) is 0 Å². The monoisotopic (exact) mass is 306 g/mol. The molecule has 0 unspecified atom stereocenters. The maximum atomic E-state index is 12.3.